The van der Waals surface area contributed by atoms with Crippen LogP contribution in [-0.4, -0.2) is 17.9 Å². The molecule has 0 aliphatic rings. The normalized spacial score (nSPS) is 11.3. The first-order valence-corrected chi connectivity index (χ1v) is 13.8. The van der Waals surface area contributed by atoms with Gasteiger partial charge in [0.25, 0.3) is 0 Å². The molecule has 0 fully saturated rings. The summed E-state index contributed by atoms with van der Waals surface area (Å²) in [6.07, 6.45) is 12.8. The predicted octanol–water partition coefficient (Wildman–Crippen LogP) is 5.20. The minimum Gasteiger partial charge on any atom is -0.550 e. The molecule has 0 rings (SSSR count). The second kappa shape index (κ2) is 24.1. The zero-order valence-corrected chi connectivity index (χ0v) is 27.8. The van der Waals surface area contributed by atoms with Crippen LogP contribution in [0.4, 0.5) is 0 Å². The van der Waals surface area contributed by atoms with E-state index in [0.29, 0.717) is 16.2 Å². The second-order valence-corrected chi connectivity index (χ2v) is 13.5. The molecule has 0 aromatic rings. The minimum atomic E-state index is -0.925. The van der Waals surface area contributed by atoms with Gasteiger partial charge in [-0.3, -0.25) is 0 Å². The van der Waals surface area contributed by atoms with Crippen LogP contribution in [-0.2, 0) is 34.5 Å². The summed E-state index contributed by atoms with van der Waals surface area (Å²) in [7, 11) is 0. The first-order valence-electron chi connectivity index (χ1n) is 13.8. The molecule has 0 saturated heterocycles. The van der Waals surface area contributed by atoms with Crippen molar-refractivity contribution in [3.8, 4) is 0 Å². The van der Waals surface area contributed by atoms with Gasteiger partial charge in [-0.1, -0.05) is 101 Å². The molecule has 0 aliphatic carbocycles. The summed E-state index contributed by atoms with van der Waals surface area (Å²) < 4.78 is 0. The Hall–Kier alpha value is -0.941. The fourth-order valence-corrected chi connectivity index (χ4v) is 3.30. The van der Waals surface area contributed by atoms with Gasteiger partial charge in [-0.25, -0.2) is 0 Å². The summed E-state index contributed by atoms with van der Waals surface area (Å²) in [5.41, 5.74) is 1.13. The van der Waals surface area contributed by atoms with Crippen LogP contribution < -0.4 is 15.3 Å². The van der Waals surface area contributed by atoms with E-state index in [-0.39, 0.29) is 39.4 Å². The number of hydrogen-bond acceptors (Lipinski definition) is 6. The SMILES string of the molecule is CC(C)(C)CCCCCC(=O)[O-].CC(C)(C)CCCCCC(=O)[O-].CC(C)(C)CCCCCC(=O)[O-].[Ir+3]. The van der Waals surface area contributed by atoms with Crippen LogP contribution in [0.25, 0.3) is 0 Å². The van der Waals surface area contributed by atoms with Crippen LogP contribution in [0, 0.1) is 16.2 Å². The summed E-state index contributed by atoms with van der Waals surface area (Å²) >= 11 is 0. The van der Waals surface area contributed by atoms with Crippen molar-refractivity contribution >= 4 is 17.9 Å². The predicted molar refractivity (Wildman–Crippen MR) is 143 cm³/mol. The Kier molecular flexibility index (Phi) is 28.1. The average molecular weight is 706 g/mol. The number of unbranched alkanes of at least 4 members (excludes halogenated alkanes) is 6. The number of hydrogen-bond donors (Lipinski definition) is 0. The molecule has 0 radical (unpaired) electrons. The minimum absolute atomic E-state index is 0. The maximum atomic E-state index is 10.0. The van der Waals surface area contributed by atoms with E-state index >= 15 is 0 Å². The molecular formula is C30H57IrO6. The van der Waals surface area contributed by atoms with Crippen LogP contribution in [0.5, 0.6) is 0 Å². The van der Waals surface area contributed by atoms with E-state index in [1.54, 1.807) is 0 Å². The Morgan fingerprint density at radius 1 is 0.405 bits per heavy atom. The van der Waals surface area contributed by atoms with Gasteiger partial charge in [-0.2, -0.15) is 0 Å². The van der Waals surface area contributed by atoms with Gasteiger partial charge in [-0.15, -0.1) is 0 Å². The van der Waals surface area contributed by atoms with Crippen molar-refractivity contribution in [1.82, 2.24) is 0 Å². The van der Waals surface area contributed by atoms with Crippen LogP contribution in [0.15, 0.2) is 0 Å². The molecule has 0 aromatic heterocycles. The second-order valence-electron chi connectivity index (χ2n) is 13.5. The summed E-state index contributed by atoms with van der Waals surface area (Å²) in [5, 5.41) is 30.1. The van der Waals surface area contributed by atoms with Gasteiger partial charge >= 0.3 is 20.1 Å². The third kappa shape index (κ3) is 56.4. The van der Waals surface area contributed by atoms with E-state index < -0.39 is 17.9 Å². The third-order valence-electron chi connectivity index (χ3n) is 5.42. The zero-order valence-electron chi connectivity index (χ0n) is 25.4. The summed E-state index contributed by atoms with van der Waals surface area (Å²) in [6, 6.07) is 0. The van der Waals surface area contributed by atoms with Gasteiger partial charge in [0.15, 0.2) is 0 Å². The van der Waals surface area contributed by atoms with Crippen LogP contribution >= 0.6 is 0 Å². The summed E-state index contributed by atoms with van der Waals surface area (Å²) in [4.78, 5) is 30.1. The van der Waals surface area contributed by atoms with Gasteiger partial charge in [0.1, 0.15) is 0 Å². The van der Waals surface area contributed by atoms with Crippen molar-refractivity contribution in [1.29, 1.82) is 0 Å². The van der Waals surface area contributed by atoms with Gasteiger partial charge in [-0.05, 0) is 74.0 Å². The number of carbonyl (C=O) groups excluding carboxylic acids is 3. The van der Waals surface area contributed by atoms with E-state index in [1.165, 1.54) is 19.3 Å². The standard InChI is InChI=1S/3C10H20O2.Ir/c3*1-10(2,3)8-6-4-5-7-9(11)12;/h3*4-8H2,1-3H3,(H,11,12);/q;;;+3/p-3. The Bertz CT molecular complexity index is 487. The van der Waals surface area contributed by atoms with E-state index in [0.717, 1.165) is 57.8 Å². The van der Waals surface area contributed by atoms with E-state index in [4.69, 9.17) is 0 Å². The topological polar surface area (TPSA) is 120 Å². The van der Waals surface area contributed by atoms with E-state index in [9.17, 15) is 29.7 Å². The molecular weight excluding hydrogens is 649 g/mol. The van der Waals surface area contributed by atoms with Crippen LogP contribution in [0.2, 0.25) is 0 Å². The third-order valence-corrected chi connectivity index (χ3v) is 5.42. The van der Waals surface area contributed by atoms with Crippen LogP contribution in [0.3, 0.4) is 0 Å². The summed E-state index contributed by atoms with van der Waals surface area (Å²) in [5.74, 6) is -2.78. The largest absolute Gasteiger partial charge is 3.00 e. The molecule has 0 N–H and O–H groups in total. The van der Waals surface area contributed by atoms with Crippen molar-refractivity contribution in [2.75, 3.05) is 0 Å². The Morgan fingerprint density at radius 3 is 0.730 bits per heavy atom. The van der Waals surface area contributed by atoms with E-state index in [2.05, 4.69) is 62.3 Å². The molecule has 0 atom stereocenters. The molecule has 0 heterocycles. The molecule has 0 unspecified atom stereocenters. The maximum Gasteiger partial charge on any atom is 3.00 e. The quantitative estimate of drug-likeness (QED) is 0.216. The zero-order chi connectivity index (χ0) is 28.8. The fraction of sp³-hybridized carbons (Fsp3) is 0.900. The van der Waals surface area contributed by atoms with Crippen molar-refractivity contribution < 1.29 is 49.8 Å². The van der Waals surface area contributed by atoms with Crippen LogP contribution in [0.1, 0.15) is 159 Å². The van der Waals surface area contributed by atoms with E-state index in [1.807, 2.05) is 0 Å². The Labute approximate surface area is 242 Å². The monoisotopic (exact) mass is 706 g/mol. The van der Waals surface area contributed by atoms with Crippen molar-refractivity contribution in [3.05, 3.63) is 0 Å². The van der Waals surface area contributed by atoms with Crippen molar-refractivity contribution in [2.45, 2.75) is 159 Å². The van der Waals surface area contributed by atoms with Gasteiger partial charge in [0, 0.05) is 17.9 Å². The molecule has 0 bridgehead atoms. The van der Waals surface area contributed by atoms with Crippen molar-refractivity contribution in [3.63, 3.8) is 0 Å². The fourth-order valence-electron chi connectivity index (χ4n) is 3.30. The summed E-state index contributed by atoms with van der Waals surface area (Å²) in [6.45, 7) is 19.8. The molecule has 0 saturated carbocycles. The molecule has 0 aliphatic heterocycles. The Balaban J connectivity index is -0.000000218. The molecule has 6 nitrogen and oxygen atoms in total. The molecule has 0 amide bonds. The van der Waals surface area contributed by atoms with Gasteiger partial charge in [0.2, 0.25) is 0 Å². The maximum absolute atomic E-state index is 10.0. The molecule has 0 spiro atoms. The molecule has 7 heteroatoms. The smallest absolute Gasteiger partial charge is 0.550 e. The van der Waals surface area contributed by atoms with Gasteiger partial charge < -0.3 is 29.7 Å². The van der Waals surface area contributed by atoms with Gasteiger partial charge in [0.05, 0.1) is 0 Å². The number of carboxylic acid groups (broad SMARTS) is 3. The molecule has 0 aromatic carbocycles. The molecule has 37 heavy (non-hydrogen) atoms. The molecule has 222 valence electrons. The number of carboxylic acids is 3. The number of aliphatic carboxylic acids is 3. The first kappa shape index (κ1) is 43.1. The number of rotatable bonds is 15. The van der Waals surface area contributed by atoms with Crippen molar-refractivity contribution in [2.24, 2.45) is 16.2 Å². The first-order chi connectivity index (χ1) is 16.2. The number of carbonyl (C=O) groups is 3. The Morgan fingerprint density at radius 2 is 0.595 bits per heavy atom. The average Bonchev–Trinajstić information content (AvgIpc) is 2.65.